The number of likely N-dealkylation sites (N-methyl/N-ethyl adjacent to an activating group) is 1. The lowest BCUT2D eigenvalue weighted by Crippen LogP contribution is -2.40. The minimum Gasteiger partial charge on any atom is -0.379 e. The van der Waals surface area contributed by atoms with Crippen molar-refractivity contribution in [2.75, 3.05) is 59.6 Å². The number of hydrogen-bond acceptors (Lipinski definition) is 4. The number of piperidine rings is 1. The molecule has 0 spiro atoms. The minimum absolute atomic E-state index is 0.399. The molecule has 0 amide bonds. The van der Waals surface area contributed by atoms with Crippen molar-refractivity contribution in [1.82, 2.24) is 15.1 Å². The molecule has 0 atom stereocenters. The van der Waals surface area contributed by atoms with Crippen molar-refractivity contribution >= 4 is 5.96 Å². The summed E-state index contributed by atoms with van der Waals surface area (Å²) in [6, 6.07) is 10.7. The number of likely N-dealkylation sites (tertiary alicyclic amines) is 1. The van der Waals surface area contributed by atoms with E-state index < -0.39 is 0 Å². The zero-order valence-corrected chi connectivity index (χ0v) is 19.6. The Bertz CT molecular complexity index is 628. The zero-order valence-electron chi connectivity index (χ0n) is 19.6. The SMILES string of the molecule is CCNC(=NCCCOC1CCN(Cc2ccccc2)CC1)N(C)CCOCC1CC1. The van der Waals surface area contributed by atoms with E-state index in [0.717, 1.165) is 90.2 Å². The molecule has 0 radical (unpaired) electrons. The summed E-state index contributed by atoms with van der Waals surface area (Å²) in [6.07, 6.45) is 6.30. The molecule has 0 aromatic heterocycles. The van der Waals surface area contributed by atoms with Crippen LogP contribution in [0, 0.1) is 5.92 Å². The van der Waals surface area contributed by atoms with Crippen molar-refractivity contribution in [3.63, 3.8) is 0 Å². The van der Waals surface area contributed by atoms with E-state index in [4.69, 9.17) is 14.5 Å². The third kappa shape index (κ3) is 9.58. The number of benzene rings is 1. The van der Waals surface area contributed by atoms with E-state index in [2.05, 4.69) is 59.4 Å². The highest BCUT2D eigenvalue weighted by Gasteiger charge is 2.21. The molecule has 2 aliphatic rings. The smallest absolute Gasteiger partial charge is 0.193 e. The topological polar surface area (TPSA) is 49.3 Å². The third-order valence-corrected chi connectivity index (χ3v) is 6.02. The maximum absolute atomic E-state index is 6.14. The number of hydrogen-bond donors (Lipinski definition) is 1. The second kappa shape index (κ2) is 13.7. The molecule has 1 aromatic carbocycles. The second-order valence-corrected chi connectivity index (χ2v) is 8.86. The lowest BCUT2D eigenvalue weighted by atomic mass is 10.1. The summed E-state index contributed by atoms with van der Waals surface area (Å²) in [5, 5.41) is 3.38. The molecule has 1 aromatic rings. The predicted octanol–water partition coefficient (Wildman–Crippen LogP) is 3.38. The lowest BCUT2D eigenvalue weighted by molar-refractivity contribution is 0.00564. The molecular weight excluding hydrogens is 388 g/mol. The summed E-state index contributed by atoms with van der Waals surface area (Å²) in [4.78, 5) is 9.47. The van der Waals surface area contributed by atoms with Crippen LogP contribution < -0.4 is 5.32 Å². The maximum atomic E-state index is 6.14. The van der Waals surface area contributed by atoms with E-state index in [-0.39, 0.29) is 0 Å². The number of guanidine groups is 1. The highest BCUT2D eigenvalue weighted by atomic mass is 16.5. The van der Waals surface area contributed by atoms with Crippen LogP contribution in [0.1, 0.15) is 44.6 Å². The Balaban J connectivity index is 1.25. The Morgan fingerprint density at radius 1 is 1.13 bits per heavy atom. The Hall–Kier alpha value is -1.63. The van der Waals surface area contributed by atoms with E-state index in [1.165, 1.54) is 18.4 Å². The molecule has 1 saturated carbocycles. The van der Waals surface area contributed by atoms with E-state index >= 15 is 0 Å². The fourth-order valence-corrected chi connectivity index (χ4v) is 3.89. The molecule has 0 bridgehead atoms. The van der Waals surface area contributed by atoms with Gasteiger partial charge in [0.15, 0.2) is 5.96 Å². The first kappa shape index (κ1) is 24.0. The van der Waals surface area contributed by atoms with Crippen molar-refractivity contribution in [3.05, 3.63) is 35.9 Å². The quantitative estimate of drug-likeness (QED) is 0.295. The van der Waals surface area contributed by atoms with Crippen LogP contribution in [0.4, 0.5) is 0 Å². The van der Waals surface area contributed by atoms with Gasteiger partial charge in [0, 0.05) is 59.5 Å². The second-order valence-electron chi connectivity index (χ2n) is 8.86. The molecule has 1 aliphatic carbocycles. The zero-order chi connectivity index (χ0) is 21.7. The molecule has 1 saturated heterocycles. The van der Waals surface area contributed by atoms with E-state index in [1.54, 1.807) is 0 Å². The Kier molecular flexibility index (Phi) is 10.6. The molecule has 6 heteroatoms. The summed E-state index contributed by atoms with van der Waals surface area (Å²) in [5.74, 6) is 1.79. The van der Waals surface area contributed by atoms with Gasteiger partial charge in [-0.25, -0.2) is 0 Å². The molecule has 2 fully saturated rings. The first-order valence-corrected chi connectivity index (χ1v) is 12.2. The van der Waals surface area contributed by atoms with Gasteiger partial charge in [-0.3, -0.25) is 9.89 Å². The number of ether oxygens (including phenoxy) is 2. The third-order valence-electron chi connectivity index (χ3n) is 6.02. The molecule has 174 valence electrons. The first-order valence-electron chi connectivity index (χ1n) is 12.2. The van der Waals surface area contributed by atoms with Crippen molar-refractivity contribution in [2.45, 2.75) is 51.7 Å². The van der Waals surface area contributed by atoms with Crippen LogP contribution in [0.15, 0.2) is 35.3 Å². The minimum atomic E-state index is 0.399. The van der Waals surface area contributed by atoms with Crippen LogP contribution in [0.2, 0.25) is 0 Å². The maximum Gasteiger partial charge on any atom is 0.193 e. The summed E-state index contributed by atoms with van der Waals surface area (Å²) >= 11 is 0. The fourth-order valence-electron chi connectivity index (χ4n) is 3.89. The van der Waals surface area contributed by atoms with E-state index in [1.807, 2.05) is 0 Å². The highest BCUT2D eigenvalue weighted by Crippen LogP contribution is 2.28. The van der Waals surface area contributed by atoms with Gasteiger partial charge in [-0.05, 0) is 50.5 Å². The van der Waals surface area contributed by atoms with Gasteiger partial charge in [0.2, 0.25) is 0 Å². The van der Waals surface area contributed by atoms with E-state index in [9.17, 15) is 0 Å². The number of nitrogens with zero attached hydrogens (tertiary/aromatic N) is 3. The first-order chi connectivity index (χ1) is 15.2. The van der Waals surface area contributed by atoms with Crippen molar-refractivity contribution < 1.29 is 9.47 Å². The molecule has 31 heavy (non-hydrogen) atoms. The average Bonchev–Trinajstić information content (AvgIpc) is 3.62. The van der Waals surface area contributed by atoms with Gasteiger partial charge >= 0.3 is 0 Å². The summed E-state index contributed by atoms with van der Waals surface area (Å²) in [6.45, 7) is 10.4. The standard InChI is InChI=1S/C25H42N4O2/c1-3-26-25(28(2)17-19-30-21-23-10-11-23)27-14-7-18-31-24-12-15-29(16-13-24)20-22-8-5-4-6-9-22/h4-6,8-9,23-24H,3,7,10-21H2,1-2H3,(H,26,27). The average molecular weight is 431 g/mol. The fraction of sp³-hybridized carbons (Fsp3) is 0.720. The van der Waals surface area contributed by atoms with Gasteiger partial charge in [-0.1, -0.05) is 30.3 Å². The van der Waals surface area contributed by atoms with Crippen LogP contribution >= 0.6 is 0 Å². The van der Waals surface area contributed by atoms with Gasteiger partial charge in [0.05, 0.1) is 12.7 Å². The number of rotatable bonds is 13. The van der Waals surface area contributed by atoms with Crippen molar-refractivity contribution in [3.8, 4) is 0 Å². The van der Waals surface area contributed by atoms with Gasteiger partial charge in [-0.2, -0.15) is 0 Å². The summed E-state index contributed by atoms with van der Waals surface area (Å²) in [7, 11) is 2.09. The summed E-state index contributed by atoms with van der Waals surface area (Å²) < 4.78 is 11.9. The lowest BCUT2D eigenvalue weighted by Gasteiger charge is -2.31. The van der Waals surface area contributed by atoms with Crippen molar-refractivity contribution in [1.29, 1.82) is 0 Å². The van der Waals surface area contributed by atoms with Crippen LogP contribution in [-0.2, 0) is 16.0 Å². The monoisotopic (exact) mass is 430 g/mol. The Morgan fingerprint density at radius 2 is 1.90 bits per heavy atom. The van der Waals surface area contributed by atoms with Gasteiger partial charge in [0.1, 0.15) is 0 Å². The molecule has 3 rings (SSSR count). The van der Waals surface area contributed by atoms with Crippen LogP contribution in [-0.4, -0.2) is 81.5 Å². The number of nitrogens with one attached hydrogen (secondary N) is 1. The van der Waals surface area contributed by atoms with Gasteiger partial charge in [0.25, 0.3) is 0 Å². The molecule has 6 nitrogen and oxygen atoms in total. The summed E-state index contributed by atoms with van der Waals surface area (Å²) in [5.41, 5.74) is 1.40. The predicted molar refractivity (Wildman–Crippen MR) is 127 cm³/mol. The molecular formula is C25H42N4O2. The van der Waals surface area contributed by atoms with E-state index in [0.29, 0.717) is 6.10 Å². The van der Waals surface area contributed by atoms with Crippen LogP contribution in [0.3, 0.4) is 0 Å². The molecule has 1 heterocycles. The Labute approximate surface area is 189 Å². The number of aliphatic imine (C=N–C) groups is 1. The normalized spacial score (nSPS) is 18.3. The van der Waals surface area contributed by atoms with Gasteiger partial charge in [-0.15, -0.1) is 0 Å². The van der Waals surface area contributed by atoms with Crippen LogP contribution in [0.25, 0.3) is 0 Å². The molecule has 0 unspecified atom stereocenters. The highest BCUT2D eigenvalue weighted by molar-refractivity contribution is 5.79. The molecule has 1 aliphatic heterocycles. The largest absolute Gasteiger partial charge is 0.379 e. The molecule has 1 N–H and O–H groups in total. The van der Waals surface area contributed by atoms with Crippen LogP contribution in [0.5, 0.6) is 0 Å². The van der Waals surface area contributed by atoms with Gasteiger partial charge < -0.3 is 19.7 Å². The Morgan fingerprint density at radius 3 is 2.61 bits per heavy atom. The van der Waals surface area contributed by atoms with Crippen molar-refractivity contribution in [2.24, 2.45) is 10.9 Å².